The largest absolute Gasteiger partial charge is 0.373 e. The minimum absolute atomic E-state index is 0.111. The fourth-order valence-corrected chi connectivity index (χ4v) is 3.18. The van der Waals surface area contributed by atoms with Crippen molar-refractivity contribution < 1.29 is 9.53 Å². The third kappa shape index (κ3) is 3.04. The Labute approximate surface area is 110 Å². The molecule has 0 aromatic rings. The Kier molecular flexibility index (Phi) is 4.62. The lowest BCUT2D eigenvalue weighted by atomic mass is 9.74. The van der Waals surface area contributed by atoms with E-state index in [0.29, 0.717) is 12.5 Å². The Hall–Kier alpha value is -0.610. The van der Waals surface area contributed by atoms with Crippen molar-refractivity contribution in [2.24, 2.45) is 5.41 Å². The summed E-state index contributed by atoms with van der Waals surface area (Å²) in [5.41, 5.74) is -0.111. The molecule has 18 heavy (non-hydrogen) atoms. The Morgan fingerprint density at radius 1 is 1.39 bits per heavy atom. The predicted octanol–water partition coefficient (Wildman–Crippen LogP) is 1.40. The second-order valence-electron chi connectivity index (χ2n) is 5.92. The topological polar surface area (TPSA) is 41.6 Å². The van der Waals surface area contributed by atoms with Gasteiger partial charge in [0.15, 0.2) is 0 Å². The second kappa shape index (κ2) is 6.02. The minimum Gasteiger partial charge on any atom is -0.373 e. The molecule has 2 fully saturated rings. The number of morpholine rings is 1. The van der Waals surface area contributed by atoms with Crippen LogP contribution in [-0.2, 0) is 9.53 Å². The highest BCUT2D eigenvalue weighted by Crippen LogP contribution is 2.37. The van der Waals surface area contributed by atoms with E-state index in [1.807, 2.05) is 11.9 Å². The number of likely N-dealkylation sites (N-methyl/N-ethyl adjacent to an activating group) is 1. The van der Waals surface area contributed by atoms with E-state index in [2.05, 4.69) is 12.2 Å². The van der Waals surface area contributed by atoms with Crippen LogP contribution in [0.1, 0.15) is 39.0 Å². The summed E-state index contributed by atoms with van der Waals surface area (Å²) in [6.07, 6.45) is 5.95. The van der Waals surface area contributed by atoms with Crippen molar-refractivity contribution in [1.29, 1.82) is 0 Å². The maximum absolute atomic E-state index is 12.7. The van der Waals surface area contributed by atoms with Gasteiger partial charge in [0.25, 0.3) is 0 Å². The standard InChI is InChI=1S/C14H26N2O2/c1-14(6-4-3-5-7-14)13(17)16-8-9-18-12(11-16)10-15-2/h12,15H,3-11H2,1-2H3. The molecule has 0 bridgehead atoms. The molecule has 104 valence electrons. The van der Waals surface area contributed by atoms with E-state index in [1.54, 1.807) is 0 Å². The summed E-state index contributed by atoms with van der Waals surface area (Å²) in [5.74, 6) is 0.353. The Morgan fingerprint density at radius 3 is 2.78 bits per heavy atom. The lowest BCUT2D eigenvalue weighted by Gasteiger charge is -2.40. The van der Waals surface area contributed by atoms with Gasteiger partial charge >= 0.3 is 0 Å². The van der Waals surface area contributed by atoms with Crippen molar-refractivity contribution in [1.82, 2.24) is 10.2 Å². The zero-order valence-corrected chi connectivity index (χ0v) is 11.7. The third-order valence-electron chi connectivity index (χ3n) is 4.33. The van der Waals surface area contributed by atoms with Crippen LogP contribution in [-0.4, -0.2) is 50.2 Å². The van der Waals surface area contributed by atoms with Crippen LogP contribution < -0.4 is 5.32 Å². The number of ether oxygens (including phenoxy) is 1. The molecule has 1 saturated carbocycles. The van der Waals surface area contributed by atoms with Crippen LogP contribution in [0, 0.1) is 5.41 Å². The number of carbonyl (C=O) groups is 1. The summed E-state index contributed by atoms with van der Waals surface area (Å²) >= 11 is 0. The van der Waals surface area contributed by atoms with Gasteiger partial charge in [-0.05, 0) is 19.9 Å². The lowest BCUT2D eigenvalue weighted by molar-refractivity contribution is -0.150. The molecule has 4 heteroatoms. The number of nitrogens with zero attached hydrogens (tertiary/aromatic N) is 1. The molecule has 1 heterocycles. The quantitative estimate of drug-likeness (QED) is 0.828. The molecule has 0 radical (unpaired) electrons. The highest BCUT2D eigenvalue weighted by Gasteiger charge is 2.39. The van der Waals surface area contributed by atoms with E-state index >= 15 is 0 Å². The van der Waals surface area contributed by atoms with E-state index < -0.39 is 0 Å². The molecule has 0 aromatic heterocycles. The summed E-state index contributed by atoms with van der Waals surface area (Å²) in [6.45, 7) is 5.15. The molecule has 1 amide bonds. The van der Waals surface area contributed by atoms with Crippen molar-refractivity contribution in [3.05, 3.63) is 0 Å². The van der Waals surface area contributed by atoms with E-state index in [0.717, 1.165) is 32.5 Å². The van der Waals surface area contributed by atoms with Gasteiger partial charge in [-0.25, -0.2) is 0 Å². The van der Waals surface area contributed by atoms with Crippen LogP contribution in [0.4, 0.5) is 0 Å². The molecule has 0 aromatic carbocycles. The van der Waals surface area contributed by atoms with Gasteiger partial charge in [0.1, 0.15) is 0 Å². The maximum atomic E-state index is 12.7. The predicted molar refractivity (Wildman–Crippen MR) is 71.4 cm³/mol. The van der Waals surface area contributed by atoms with Crippen molar-refractivity contribution in [3.8, 4) is 0 Å². The first kappa shape index (κ1) is 13.8. The number of amides is 1. The second-order valence-corrected chi connectivity index (χ2v) is 5.92. The maximum Gasteiger partial charge on any atom is 0.228 e. The van der Waals surface area contributed by atoms with Crippen LogP contribution in [0.3, 0.4) is 0 Å². The van der Waals surface area contributed by atoms with Gasteiger partial charge < -0.3 is 15.0 Å². The van der Waals surface area contributed by atoms with Crippen LogP contribution in [0.25, 0.3) is 0 Å². The number of hydrogen-bond donors (Lipinski definition) is 1. The molecule has 4 nitrogen and oxygen atoms in total. The van der Waals surface area contributed by atoms with Crippen molar-refractivity contribution in [2.75, 3.05) is 33.3 Å². The van der Waals surface area contributed by atoms with Gasteiger partial charge in [-0.1, -0.05) is 26.2 Å². The van der Waals surface area contributed by atoms with Gasteiger partial charge in [-0.15, -0.1) is 0 Å². The Balaban J connectivity index is 1.95. The molecular formula is C14H26N2O2. The first-order valence-corrected chi connectivity index (χ1v) is 7.21. The molecule has 1 atom stereocenters. The average Bonchev–Trinajstić information content (AvgIpc) is 2.39. The van der Waals surface area contributed by atoms with Gasteiger partial charge in [-0.2, -0.15) is 0 Å². The summed E-state index contributed by atoms with van der Waals surface area (Å²) < 4.78 is 5.66. The van der Waals surface area contributed by atoms with Crippen LogP contribution in [0.15, 0.2) is 0 Å². The van der Waals surface area contributed by atoms with Crippen molar-refractivity contribution >= 4 is 5.91 Å². The number of carbonyl (C=O) groups excluding carboxylic acids is 1. The van der Waals surface area contributed by atoms with Gasteiger partial charge in [-0.3, -0.25) is 4.79 Å². The number of rotatable bonds is 3. The van der Waals surface area contributed by atoms with Crippen molar-refractivity contribution in [3.63, 3.8) is 0 Å². The van der Waals surface area contributed by atoms with Gasteiger partial charge in [0.05, 0.1) is 12.7 Å². The molecule has 1 aliphatic heterocycles. The lowest BCUT2D eigenvalue weighted by Crippen LogP contribution is -2.53. The normalized spacial score (nSPS) is 28.1. The van der Waals surface area contributed by atoms with E-state index in [1.165, 1.54) is 19.3 Å². The molecule has 1 aliphatic carbocycles. The molecule has 1 N–H and O–H groups in total. The van der Waals surface area contributed by atoms with Crippen LogP contribution >= 0.6 is 0 Å². The summed E-state index contributed by atoms with van der Waals surface area (Å²) in [4.78, 5) is 14.7. The zero-order chi connectivity index (χ0) is 13.0. The highest BCUT2D eigenvalue weighted by molar-refractivity contribution is 5.82. The average molecular weight is 254 g/mol. The molecule has 1 unspecified atom stereocenters. The first-order valence-electron chi connectivity index (χ1n) is 7.21. The Bertz CT molecular complexity index is 286. The smallest absolute Gasteiger partial charge is 0.228 e. The fourth-order valence-electron chi connectivity index (χ4n) is 3.18. The van der Waals surface area contributed by atoms with E-state index in [4.69, 9.17) is 4.74 Å². The fraction of sp³-hybridized carbons (Fsp3) is 0.929. The van der Waals surface area contributed by atoms with Gasteiger partial charge in [0, 0.05) is 25.0 Å². The molecule has 1 saturated heterocycles. The number of nitrogens with one attached hydrogen (secondary N) is 1. The van der Waals surface area contributed by atoms with Crippen LogP contribution in [0.5, 0.6) is 0 Å². The third-order valence-corrected chi connectivity index (χ3v) is 4.33. The SMILES string of the molecule is CNCC1CN(C(=O)C2(C)CCCCC2)CCO1. The Morgan fingerprint density at radius 2 is 2.11 bits per heavy atom. The highest BCUT2D eigenvalue weighted by atomic mass is 16.5. The van der Waals surface area contributed by atoms with E-state index in [9.17, 15) is 4.79 Å². The summed E-state index contributed by atoms with van der Waals surface area (Å²) in [7, 11) is 1.92. The zero-order valence-electron chi connectivity index (χ0n) is 11.7. The molecular weight excluding hydrogens is 228 g/mol. The number of hydrogen-bond acceptors (Lipinski definition) is 3. The molecule has 2 aliphatic rings. The van der Waals surface area contributed by atoms with Gasteiger partial charge in [0.2, 0.25) is 5.91 Å². The van der Waals surface area contributed by atoms with E-state index in [-0.39, 0.29) is 11.5 Å². The minimum atomic E-state index is -0.111. The molecule has 2 rings (SSSR count). The molecule has 0 spiro atoms. The summed E-state index contributed by atoms with van der Waals surface area (Å²) in [6, 6.07) is 0. The van der Waals surface area contributed by atoms with Crippen molar-refractivity contribution in [2.45, 2.75) is 45.1 Å². The summed E-state index contributed by atoms with van der Waals surface area (Å²) in [5, 5.41) is 3.12. The van der Waals surface area contributed by atoms with Crippen LogP contribution in [0.2, 0.25) is 0 Å². The first-order chi connectivity index (χ1) is 8.65. The monoisotopic (exact) mass is 254 g/mol.